The molecule has 1 aromatic carbocycles. The molecule has 0 bridgehead atoms. The van der Waals surface area contributed by atoms with Gasteiger partial charge in [0.05, 0.1) is 19.2 Å². The number of hydrogen-bond donors (Lipinski definition) is 0. The van der Waals surface area contributed by atoms with E-state index in [0.717, 1.165) is 0 Å². The molecule has 0 radical (unpaired) electrons. The summed E-state index contributed by atoms with van der Waals surface area (Å²) in [6.45, 7) is 0. The molecule has 0 spiro atoms. The van der Waals surface area contributed by atoms with Crippen molar-refractivity contribution in [1.82, 2.24) is 0 Å². The predicted octanol–water partition coefficient (Wildman–Crippen LogP) is 0.987. The zero-order chi connectivity index (χ0) is 11.5. The zero-order valence-electron chi connectivity index (χ0n) is 8.71. The van der Waals surface area contributed by atoms with Gasteiger partial charge in [0.25, 0.3) is 5.91 Å². The summed E-state index contributed by atoms with van der Waals surface area (Å²) in [7, 11) is 1.55. The summed E-state index contributed by atoms with van der Waals surface area (Å²) >= 11 is 0. The lowest BCUT2D eigenvalue weighted by Gasteiger charge is -2.12. The van der Waals surface area contributed by atoms with Crippen molar-refractivity contribution in [2.45, 2.75) is 6.42 Å². The van der Waals surface area contributed by atoms with E-state index in [-0.39, 0.29) is 18.0 Å². The van der Waals surface area contributed by atoms with Gasteiger partial charge in [0.2, 0.25) is 0 Å². The Bertz CT molecular complexity index is 468. The van der Waals surface area contributed by atoms with Crippen LogP contribution in [-0.4, -0.2) is 25.0 Å². The fourth-order valence-corrected chi connectivity index (χ4v) is 1.46. The first-order chi connectivity index (χ1) is 7.74. The van der Waals surface area contributed by atoms with Crippen LogP contribution in [0.15, 0.2) is 29.4 Å². The predicted molar refractivity (Wildman–Crippen MR) is 58.6 cm³/mol. The molecule has 5 nitrogen and oxygen atoms in total. The normalized spacial score (nSPS) is 14.9. The molecular formula is C11H10N2O3. The molecule has 1 aliphatic rings. The molecule has 0 N–H and O–H groups in total. The maximum Gasteiger partial charge on any atom is 0.253 e. The van der Waals surface area contributed by atoms with Crippen molar-refractivity contribution in [2.24, 2.45) is 5.10 Å². The molecule has 0 aromatic heterocycles. The fourth-order valence-electron chi connectivity index (χ4n) is 1.46. The van der Waals surface area contributed by atoms with Crippen molar-refractivity contribution in [1.29, 1.82) is 0 Å². The SMILES string of the molecule is COc1cccc(N2N=C(C=O)CC2=O)c1. The van der Waals surface area contributed by atoms with E-state index in [2.05, 4.69) is 5.10 Å². The van der Waals surface area contributed by atoms with Crippen molar-refractivity contribution in [3.05, 3.63) is 24.3 Å². The van der Waals surface area contributed by atoms with E-state index in [9.17, 15) is 9.59 Å². The van der Waals surface area contributed by atoms with Gasteiger partial charge in [-0.2, -0.15) is 10.1 Å². The van der Waals surface area contributed by atoms with Crippen LogP contribution < -0.4 is 9.75 Å². The van der Waals surface area contributed by atoms with Crippen LogP contribution in [0.1, 0.15) is 6.42 Å². The van der Waals surface area contributed by atoms with Gasteiger partial charge in [0, 0.05) is 6.07 Å². The quantitative estimate of drug-likeness (QED) is 0.711. The van der Waals surface area contributed by atoms with Crippen molar-refractivity contribution in [3.63, 3.8) is 0 Å². The van der Waals surface area contributed by atoms with E-state index in [4.69, 9.17) is 4.74 Å². The van der Waals surface area contributed by atoms with E-state index in [1.54, 1.807) is 31.4 Å². The van der Waals surface area contributed by atoms with E-state index in [1.807, 2.05) is 0 Å². The average Bonchev–Trinajstić information content (AvgIpc) is 2.71. The number of carbonyl (C=O) groups excluding carboxylic acids is 2. The number of nitrogens with zero attached hydrogens (tertiary/aromatic N) is 2. The minimum absolute atomic E-state index is 0.0563. The average molecular weight is 218 g/mol. The Morgan fingerprint density at radius 2 is 2.31 bits per heavy atom. The molecule has 5 heteroatoms. The molecular weight excluding hydrogens is 208 g/mol. The molecule has 0 atom stereocenters. The largest absolute Gasteiger partial charge is 0.497 e. The Hall–Kier alpha value is -2.17. The van der Waals surface area contributed by atoms with E-state index >= 15 is 0 Å². The number of anilines is 1. The van der Waals surface area contributed by atoms with Crippen LogP contribution in [0.3, 0.4) is 0 Å². The van der Waals surface area contributed by atoms with Crippen molar-refractivity contribution >= 4 is 23.6 Å². The number of rotatable bonds is 3. The van der Waals surface area contributed by atoms with Gasteiger partial charge in [0.1, 0.15) is 11.5 Å². The minimum Gasteiger partial charge on any atom is -0.497 e. The lowest BCUT2D eigenvalue weighted by Crippen LogP contribution is -2.19. The number of ether oxygens (including phenoxy) is 1. The molecule has 1 aliphatic heterocycles. The van der Waals surface area contributed by atoms with E-state index in [0.29, 0.717) is 17.7 Å². The number of benzene rings is 1. The third kappa shape index (κ3) is 1.79. The topological polar surface area (TPSA) is 59.0 Å². The van der Waals surface area contributed by atoms with Crippen LogP contribution in [0.4, 0.5) is 5.69 Å². The number of carbonyl (C=O) groups is 2. The number of hydrogen-bond acceptors (Lipinski definition) is 4. The summed E-state index contributed by atoms with van der Waals surface area (Å²) < 4.78 is 5.05. The summed E-state index contributed by atoms with van der Waals surface area (Å²) in [6.07, 6.45) is 0.652. The standard InChI is InChI=1S/C11H10N2O3/c1-16-10-4-2-3-9(6-10)13-11(15)5-8(7-14)12-13/h2-4,6-7H,5H2,1H3. The second-order valence-corrected chi connectivity index (χ2v) is 3.29. The Morgan fingerprint density at radius 1 is 1.50 bits per heavy atom. The Balaban J connectivity index is 2.33. The lowest BCUT2D eigenvalue weighted by atomic mass is 10.2. The fraction of sp³-hybridized carbons (Fsp3) is 0.182. The van der Waals surface area contributed by atoms with Gasteiger partial charge in [-0.15, -0.1) is 0 Å². The summed E-state index contributed by atoms with van der Waals surface area (Å²) in [4.78, 5) is 22.1. The first-order valence-corrected chi connectivity index (χ1v) is 4.74. The molecule has 1 aromatic rings. The van der Waals surface area contributed by atoms with E-state index < -0.39 is 0 Å². The van der Waals surface area contributed by atoms with Crippen LogP contribution in [0, 0.1) is 0 Å². The van der Waals surface area contributed by atoms with Crippen molar-refractivity contribution in [2.75, 3.05) is 12.1 Å². The molecule has 1 heterocycles. The van der Waals surface area contributed by atoms with Crippen molar-refractivity contribution < 1.29 is 14.3 Å². The number of hydrazone groups is 1. The van der Waals surface area contributed by atoms with Gasteiger partial charge in [0.15, 0.2) is 6.29 Å². The molecule has 0 fully saturated rings. The summed E-state index contributed by atoms with van der Waals surface area (Å²) in [5.74, 6) is 0.426. The smallest absolute Gasteiger partial charge is 0.253 e. The van der Waals surface area contributed by atoms with Crippen LogP contribution in [0.25, 0.3) is 0 Å². The van der Waals surface area contributed by atoms with Gasteiger partial charge in [-0.05, 0) is 12.1 Å². The summed E-state index contributed by atoms with van der Waals surface area (Å²) in [6, 6.07) is 6.96. The van der Waals surface area contributed by atoms with Crippen LogP contribution in [0.5, 0.6) is 5.75 Å². The maximum absolute atomic E-state index is 11.6. The van der Waals surface area contributed by atoms with Gasteiger partial charge in [-0.3, -0.25) is 9.59 Å². The molecule has 0 saturated carbocycles. The summed E-state index contributed by atoms with van der Waals surface area (Å²) in [5.41, 5.74) is 0.842. The Morgan fingerprint density at radius 3 is 2.94 bits per heavy atom. The third-order valence-electron chi connectivity index (χ3n) is 2.23. The number of amides is 1. The molecule has 1 amide bonds. The van der Waals surface area contributed by atoms with Gasteiger partial charge in [-0.25, -0.2) is 0 Å². The molecule has 2 rings (SSSR count). The highest BCUT2D eigenvalue weighted by atomic mass is 16.5. The van der Waals surface area contributed by atoms with Crippen LogP contribution >= 0.6 is 0 Å². The monoisotopic (exact) mass is 218 g/mol. The second-order valence-electron chi connectivity index (χ2n) is 3.29. The van der Waals surface area contributed by atoms with Crippen LogP contribution in [0.2, 0.25) is 0 Å². The van der Waals surface area contributed by atoms with E-state index in [1.165, 1.54) is 5.01 Å². The number of methoxy groups -OCH3 is 1. The first-order valence-electron chi connectivity index (χ1n) is 4.74. The molecule has 16 heavy (non-hydrogen) atoms. The Labute approximate surface area is 92.3 Å². The highest BCUT2D eigenvalue weighted by Crippen LogP contribution is 2.24. The maximum atomic E-state index is 11.6. The second kappa shape index (κ2) is 4.14. The zero-order valence-corrected chi connectivity index (χ0v) is 8.71. The first kappa shape index (κ1) is 10.4. The minimum atomic E-state index is -0.213. The van der Waals surface area contributed by atoms with Gasteiger partial charge < -0.3 is 4.74 Å². The summed E-state index contributed by atoms with van der Waals surface area (Å²) in [5, 5.41) is 5.12. The van der Waals surface area contributed by atoms with Crippen molar-refractivity contribution in [3.8, 4) is 5.75 Å². The van der Waals surface area contributed by atoms with Crippen LogP contribution in [-0.2, 0) is 9.59 Å². The van der Waals surface area contributed by atoms with Gasteiger partial charge >= 0.3 is 0 Å². The lowest BCUT2D eigenvalue weighted by molar-refractivity contribution is -0.117. The molecule has 0 aliphatic carbocycles. The molecule has 0 saturated heterocycles. The highest BCUT2D eigenvalue weighted by molar-refractivity contribution is 6.36. The number of aldehydes is 1. The van der Waals surface area contributed by atoms with Gasteiger partial charge in [-0.1, -0.05) is 6.07 Å². The third-order valence-corrected chi connectivity index (χ3v) is 2.23. The highest BCUT2D eigenvalue weighted by Gasteiger charge is 2.24. The molecule has 0 unspecified atom stereocenters. The molecule has 82 valence electrons. The Kier molecular flexibility index (Phi) is 2.68.